The number of ether oxygens (including phenoxy) is 2. The number of halogens is 2. The number of allylic oxidation sites excluding steroid dienone is 1. The normalized spacial score (nSPS) is 16.6. The van der Waals surface area contributed by atoms with E-state index in [0.717, 1.165) is 5.69 Å². The molecule has 0 saturated heterocycles. The summed E-state index contributed by atoms with van der Waals surface area (Å²) in [5, 5.41) is 3.64. The highest BCUT2D eigenvalue weighted by Crippen LogP contribution is 2.35. The van der Waals surface area contributed by atoms with Crippen molar-refractivity contribution in [2.75, 3.05) is 25.2 Å². The monoisotopic (exact) mass is 478 g/mol. The van der Waals surface area contributed by atoms with Crippen LogP contribution in [0.2, 0.25) is 0 Å². The molecular weight excluding hydrogens is 459 g/mol. The molecule has 0 aromatic heterocycles. The zero-order valence-corrected chi connectivity index (χ0v) is 18.3. The van der Waals surface area contributed by atoms with Crippen LogP contribution in [0.15, 0.2) is 64.3 Å². The summed E-state index contributed by atoms with van der Waals surface area (Å²) in [5.74, 6) is -0.871. The molecule has 0 amide bonds. The molecular formula is C21H20BrFN2O3S. The first-order valence-electron chi connectivity index (χ1n) is 8.91. The Kier molecular flexibility index (Phi) is 7.00. The van der Waals surface area contributed by atoms with E-state index < -0.39 is 12.0 Å². The van der Waals surface area contributed by atoms with Crippen molar-refractivity contribution in [1.82, 2.24) is 5.32 Å². The van der Waals surface area contributed by atoms with E-state index in [9.17, 15) is 9.18 Å². The molecule has 0 radical (unpaired) electrons. The lowest BCUT2D eigenvalue weighted by Crippen LogP contribution is -2.48. The Morgan fingerprint density at radius 2 is 1.97 bits per heavy atom. The quantitative estimate of drug-likeness (QED) is 0.375. The van der Waals surface area contributed by atoms with Gasteiger partial charge in [0, 0.05) is 18.5 Å². The number of nitrogens with zero attached hydrogens (tertiary/aromatic N) is 1. The van der Waals surface area contributed by atoms with Gasteiger partial charge in [0.05, 0.1) is 22.7 Å². The second-order valence-corrected chi connectivity index (χ2v) is 7.60. The molecule has 0 bridgehead atoms. The van der Waals surface area contributed by atoms with Crippen LogP contribution in [0.4, 0.5) is 10.1 Å². The minimum absolute atomic E-state index is 0.127. The number of para-hydroxylation sites is 1. The predicted octanol–water partition coefficient (Wildman–Crippen LogP) is 4.49. The largest absolute Gasteiger partial charge is 0.460 e. The van der Waals surface area contributed by atoms with Gasteiger partial charge >= 0.3 is 5.97 Å². The van der Waals surface area contributed by atoms with Gasteiger partial charge in [-0.2, -0.15) is 0 Å². The first-order chi connectivity index (χ1) is 13.9. The molecule has 8 heteroatoms. The number of methoxy groups -OCH3 is 1. The Hall–Kier alpha value is -2.29. The number of benzene rings is 2. The van der Waals surface area contributed by atoms with Crippen molar-refractivity contribution in [3.05, 3.63) is 75.7 Å². The third kappa shape index (κ3) is 4.66. The number of rotatable bonds is 6. The Balaban J connectivity index is 2.07. The van der Waals surface area contributed by atoms with Crippen LogP contribution < -0.4 is 10.2 Å². The Bertz CT molecular complexity index is 952. The first kappa shape index (κ1) is 21.4. The number of thiocarbonyl (C=S) groups is 1. The number of esters is 1. The molecule has 0 saturated carbocycles. The summed E-state index contributed by atoms with van der Waals surface area (Å²) >= 11 is 8.80. The maximum absolute atomic E-state index is 13.7. The molecule has 0 spiro atoms. The van der Waals surface area contributed by atoms with Gasteiger partial charge < -0.3 is 14.8 Å². The fourth-order valence-corrected chi connectivity index (χ4v) is 3.89. The molecule has 3 rings (SSSR count). The number of nitrogens with one attached hydrogen (secondary N) is 1. The van der Waals surface area contributed by atoms with Crippen LogP contribution in [0.5, 0.6) is 0 Å². The van der Waals surface area contributed by atoms with Crippen LogP contribution in [-0.4, -0.2) is 31.4 Å². The van der Waals surface area contributed by atoms with E-state index in [1.54, 1.807) is 17.0 Å². The highest BCUT2D eigenvalue weighted by molar-refractivity contribution is 9.10. The van der Waals surface area contributed by atoms with E-state index in [1.165, 1.54) is 13.2 Å². The van der Waals surface area contributed by atoms with Crippen molar-refractivity contribution in [2.45, 2.75) is 13.0 Å². The topological polar surface area (TPSA) is 50.8 Å². The van der Waals surface area contributed by atoms with Crippen molar-refractivity contribution in [1.29, 1.82) is 0 Å². The molecule has 1 N–H and O–H groups in total. The number of hydrogen-bond acceptors (Lipinski definition) is 4. The summed E-state index contributed by atoms with van der Waals surface area (Å²) in [5.41, 5.74) is 2.56. The van der Waals surface area contributed by atoms with Crippen molar-refractivity contribution in [3.8, 4) is 0 Å². The molecule has 1 aliphatic rings. The van der Waals surface area contributed by atoms with E-state index >= 15 is 0 Å². The highest BCUT2D eigenvalue weighted by Gasteiger charge is 2.35. The van der Waals surface area contributed by atoms with Crippen LogP contribution in [-0.2, 0) is 14.3 Å². The van der Waals surface area contributed by atoms with Gasteiger partial charge in [0.15, 0.2) is 5.11 Å². The predicted molar refractivity (Wildman–Crippen MR) is 117 cm³/mol. The van der Waals surface area contributed by atoms with Gasteiger partial charge in [-0.3, -0.25) is 4.90 Å². The van der Waals surface area contributed by atoms with Crippen molar-refractivity contribution in [2.24, 2.45) is 0 Å². The van der Waals surface area contributed by atoms with Gasteiger partial charge in [-0.05, 0) is 64.9 Å². The van der Waals surface area contributed by atoms with E-state index in [0.29, 0.717) is 33.0 Å². The molecule has 0 fully saturated rings. The van der Waals surface area contributed by atoms with Crippen LogP contribution >= 0.6 is 28.1 Å². The average molecular weight is 479 g/mol. The summed E-state index contributed by atoms with van der Waals surface area (Å²) in [7, 11) is 1.54. The lowest BCUT2D eigenvalue weighted by atomic mass is 9.94. The Morgan fingerprint density at radius 3 is 2.62 bits per heavy atom. The van der Waals surface area contributed by atoms with E-state index in [4.69, 9.17) is 21.7 Å². The zero-order chi connectivity index (χ0) is 21.0. The van der Waals surface area contributed by atoms with Gasteiger partial charge in [0.25, 0.3) is 0 Å². The summed E-state index contributed by atoms with van der Waals surface area (Å²) in [4.78, 5) is 14.8. The minimum atomic E-state index is -0.575. The van der Waals surface area contributed by atoms with Gasteiger partial charge in [0.2, 0.25) is 0 Å². The Labute approximate surface area is 182 Å². The standard InChI is InChI=1S/C21H20BrFN2O3S/c1-13-18(20(26)28-11-10-27-2)19(14-8-9-17(23)16(22)12-14)24-21(29)25(13)15-6-4-3-5-7-15/h3-9,12,19H,10-11H2,1-2H3,(H,24,29). The number of hydrogen-bond donors (Lipinski definition) is 1. The lowest BCUT2D eigenvalue weighted by Gasteiger charge is -2.37. The number of carbonyl (C=O) groups is 1. The lowest BCUT2D eigenvalue weighted by molar-refractivity contribution is -0.140. The van der Waals surface area contributed by atoms with Crippen LogP contribution in [0.25, 0.3) is 0 Å². The first-order valence-corrected chi connectivity index (χ1v) is 10.1. The van der Waals surface area contributed by atoms with Crippen molar-refractivity contribution < 1.29 is 18.7 Å². The maximum Gasteiger partial charge on any atom is 0.338 e. The van der Waals surface area contributed by atoms with Gasteiger partial charge in [-0.25, -0.2) is 9.18 Å². The van der Waals surface area contributed by atoms with E-state index in [1.807, 2.05) is 37.3 Å². The fourth-order valence-electron chi connectivity index (χ4n) is 3.13. The van der Waals surface area contributed by atoms with Crippen molar-refractivity contribution >= 4 is 44.9 Å². The third-order valence-corrected chi connectivity index (χ3v) is 5.42. The highest BCUT2D eigenvalue weighted by atomic mass is 79.9. The summed E-state index contributed by atoms with van der Waals surface area (Å²) in [6.45, 7) is 2.24. The molecule has 5 nitrogen and oxygen atoms in total. The van der Waals surface area contributed by atoms with Crippen molar-refractivity contribution in [3.63, 3.8) is 0 Å². The van der Waals surface area contributed by atoms with Gasteiger partial charge in [-0.1, -0.05) is 24.3 Å². The van der Waals surface area contributed by atoms with Crippen LogP contribution in [0.1, 0.15) is 18.5 Å². The second kappa shape index (κ2) is 9.47. The minimum Gasteiger partial charge on any atom is -0.460 e. The van der Waals surface area contributed by atoms with E-state index in [2.05, 4.69) is 21.2 Å². The maximum atomic E-state index is 13.7. The van der Waals surface area contributed by atoms with Gasteiger partial charge in [-0.15, -0.1) is 0 Å². The molecule has 1 heterocycles. The molecule has 152 valence electrons. The number of anilines is 1. The summed E-state index contributed by atoms with van der Waals surface area (Å²) < 4.78 is 24.4. The summed E-state index contributed by atoms with van der Waals surface area (Å²) in [6, 6.07) is 13.5. The smallest absolute Gasteiger partial charge is 0.338 e. The zero-order valence-electron chi connectivity index (χ0n) is 15.9. The van der Waals surface area contributed by atoms with Gasteiger partial charge in [0.1, 0.15) is 12.4 Å². The molecule has 1 atom stereocenters. The second-order valence-electron chi connectivity index (χ2n) is 6.35. The molecule has 2 aromatic rings. The fraction of sp³-hybridized carbons (Fsp3) is 0.238. The average Bonchev–Trinajstić information content (AvgIpc) is 2.70. The molecule has 0 aliphatic carbocycles. The number of carbonyl (C=O) groups excluding carboxylic acids is 1. The summed E-state index contributed by atoms with van der Waals surface area (Å²) in [6.07, 6.45) is 0. The van der Waals surface area contributed by atoms with Crippen LogP contribution in [0.3, 0.4) is 0 Å². The third-order valence-electron chi connectivity index (χ3n) is 4.52. The molecule has 29 heavy (non-hydrogen) atoms. The van der Waals surface area contributed by atoms with Crippen LogP contribution in [0, 0.1) is 5.82 Å². The van der Waals surface area contributed by atoms with E-state index in [-0.39, 0.29) is 12.4 Å². The molecule has 1 aliphatic heterocycles. The Morgan fingerprint density at radius 1 is 1.24 bits per heavy atom. The SMILES string of the molecule is COCCOC(=O)C1=C(C)N(c2ccccc2)C(=S)NC1c1ccc(F)c(Br)c1. The molecule has 2 aromatic carbocycles. The molecule has 1 unspecified atom stereocenters.